The summed E-state index contributed by atoms with van der Waals surface area (Å²) in [4.78, 5) is 10.1. The Morgan fingerprint density at radius 3 is 2.56 bits per heavy atom. The van der Waals surface area contributed by atoms with E-state index in [-0.39, 0.29) is 35.2 Å². The Balaban J connectivity index is 0.00000261. The highest BCUT2D eigenvalue weighted by atomic mass is 127. The highest BCUT2D eigenvalue weighted by molar-refractivity contribution is 14.0. The van der Waals surface area contributed by atoms with Crippen molar-refractivity contribution in [1.29, 1.82) is 0 Å². The lowest BCUT2D eigenvalue weighted by atomic mass is 9.64. The van der Waals surface area contributed by atoms with Crippen LogP contribution in [0.1, 0.15) is 41.6 Å². The van der Waals surface area contributed by atoms with Gasteiger partial charge in [0.25, 0.3) is 0 Å². The minimum Gasteiger partial charge on any atom is -0.356 e. The van der Waals surface area contributed by atoms with Crippen LogP contribution in [0.15, 0.2) is 35.5 Å². The third kappa shape index (κ3) is 5.63. The van der Waals surface area contributed by atoms with Crippen molar-refractivity contribution in [2.24, 2.45) is 4.99 Å². The Hall–Kier alpha value is -1.22. The molecule has 4 nitrogen and oxygen atoms in total. The molecule has 0 amide bonds. The first-order chi connectivity index (χ1) is 12.6. The molecule has 148 valence electrons. The number of hydrogen-bond donors (Lipinski definition) is 2. The number of benzene rings is 1. The standard InChI is InChI=1S/C20H27FN4S.HI/c1-3-17-13-24-18(26-17)9-12-23-19(22-2)25-14-20(10-4-11-20)15-5-7-16(21)8-6-15;/h5-8,13H,3-4,9-12,14H2,1-2H3,(H2,22,23,25);1H. The molecule has 0 bridgehead atoms. The van der Waals surface area contributed by atoms with Crippen LogP contribution < -0.4 is 10.6 Å². The Morgan fingerprint density at radius 2 is 2.00 bits per heavy atom. The summed E-state index contributed by atoms with van der Waals surface area (Å²) >= 11 is 1.78. The van der Waals surface area contributed by atoms with E-state index in [0.717, 1.165) is 49.7 Å². The van der Waals surface area contributed by atoms with Crippen molar-refractivity contribution in [3.05, 3.63) is 51.7 Å². The molecular weight excluding hydrogens is 474 g/mol. The quantitative estimate of drug-likeness (QED) is 0.338. The van der Waals surface area contributed by atoms with Crippen LogP contribution >= 0.6 is 35.3 Å². The normalized spacial score (nSPS) is 15.6. The molecule has 1 saturated carbocycles. The maximum absolute atomic E-state index is 13.2. The smallest absolute Gasteiger partial charge is 0.191 e. The van der Waals surface area contributed by atoms with E-state index in [1.807, 2.05) is 18.3 Å². The van der Waals surface area contributed by atoms with Gasteiger partial charge in [0.1, 0.15) is 5.82 Å². The molecule has 1 heterocycles. The molecule has 1 fully saturated rings. The monoisotopic (exact) mass is 502 g/mol. The largest absolute Gasteiger partial charge is 0.356 e. The van der Waals surface area contributed by atoms with Crippen LogP contribution in [-0.2, 0) is 18.3 Å². The van der Waals surface area contributed by atoms with Gasteiger partial charge in [-0.15, -0.1) is 35.3 Å². The van der Waals surface area contributed by atoms with Crippen molar-refractivity contribution in [3.8, 4) is 0 Å². The molecule has 1 aromatic carbocycles. The Bertz CT molecular complexity index is 741. The van der Waals surface area contributed by atoms with Gasteiger partial charge in [-0.05, 0) is 37.0 Å². The van der Waals surface area contributed by atoms with E-state index in [2.05, 4.69) is 27.5 Å². The van der Waals surface area contributed by atoms with Gasteiger partial charge in [0, 0.05) is 43.0 Å². The number of aromatic nitrogens is 1. The van der Waals surface area contributed by atoms with E-state index in [9.17, 15) is 4.39 Å². The number of guanidine groups is 1. The maximum Gasteiger partial charge on any atom is 0.191 e. The summed E-state index contributed by atoms with van der Waals surface area (Å²) in [5.74, 6) is 0.632. The lowest BCUT2D eigenvalue weighted by Crippen LogP contribution is -2.49. The predicted molar refractivity (Wildman–Crippen MR) is 122 cm³/mol. The zero-order chi connectivity index (χ0) is 18.4. The van der Waals surface area contributed by atoms with Crippen LogP contribution in [-0.4, -0.2) is 31.1 Å². The average molecular weight is 502 g/mol. The van der Waals surface area contributed by atoms with Gasteiger partial charge in [-0.2, -0.15) is 0 Å². The fraction of sp³-hybridized carbons (Fsp3) is 0.500. The van der Waals surface area contributed by atoms with Crippen molar-refractivity contribution >= 4 is 41.3 Å². The van der Waals surface area contributed by atoms with E-state index in [1.54, 1.807) is 30.5 Å². The summed E-state index contributed by atoms with van der Waals surface area (Å²) in [5.41, 5.74) is 1.30. The van der Waals surface area contributed by atoms with Crippen LogP contribution in [0.4, 0.5) is 4.39 Å². The van der Waals surface area contributed by atoms with Gasteiger partial charge in [-0.3, -0.25) is 4.99 Å². The first-order valence-electron chi connectivity index (χ1n) is 9.29. The molecule has 2 aromatic rings. The van der Waals surface area contributed by atoms with E-state index in [0.29, 0.717) is 0 Å². The number of thiazole rings is 1. The van der Waals surface area contributed by atoms with Crippen LogP contribution in [0, 0.1) is 5.82 Å². The lowest BCUT2D eigenvalue weighted by molar-refractivity contribution is 0.243. The van der Waals surface area contributed by atoms with Gasteiger partial charge >= 0.3 is 0 Å². The molecular formula is C20H28FIN4S. The number of aryl methyl sites for hydroxylation is 1. The van der Waals surface area contributed by atoms with Crippen molar-refractivity contribution in [2.75, 3.05) is 20.1 Å². The van der Waals surface area contributed by atoms with Gasteiger partial charge < -0.3 is 10.6 Å². The van der Waals surface area contributed by atoms with Gasteiger partial charge in [0.05, 0.1) is 5.01 Å². The molecule has 3 rings (SSSR count). The van der Waals surface area contributed by atoms with Crippen molar-refractivity contribution < 1.29 is 4.39 Å². The molecule has 0 atom stereocenters. The fourth-order valence-corrected chi connectivity index (χ4v) is 4.22. The van der Waals surface area contributed by atoms with E-state index in [1.165, 1.54) is 16.9 Å². The van der Waals surface area contributed by atoms with Gasteiger partial charge in [-0.1, -0.05) is 25.5 Å². The number of halogens is 2. The lowest BCUT2D eigenvalue weighted by Gasteiger charge is -2.43. The zero-order valence-electron chi connectivity index (χ0n) is 15.9. The molecule has 7 heteroatoms. The zero-order valence-corrected chi connectivity index (χ0v) is 19.1. The molecule has 0 unspecified atom stereocenters. The summed E-state index contributed by atoms with van der Waals surface area (Å²) in [6.45, 7) is 3.77. The van der Waals surface area contributed by atoms with Crippen molar-refractivity contribution in [1.82, 2.24) is 15.6 Å². The summed E-state index contributed by atoms with van der Waals surface area (Å²) < 4.78 is 13.2. The Labute approximate surface area is 182 Å². The highest BCUT2D eigenvalue weighted by Crippen LogP contribution is 2.43. The van der Waals surface area contributed by atoms with Crippen molar-refractivity contribution in [3.63, 3.8) is 0 Å². The van der Waals surface area contributed by atoms with E-state index >= 15 is 0 Å². The van der Waals surface area contributed by atoms with Gasteiger partial charge in [0.15, 0.2) is 5.96 Å². The maximum atomic E-state index is 13.2. The molecule has 2 N–H and O–H groups in total. The van der Waals surface area contributed by atoms with Crippen LogP contribution in [0.3, 0.4) is 0 Å². The van der Waals surface area contributed by atoms with Crippen LogP contribution in [0.2, 0.25) is 0 Å². The summed E-state index contributed by atoms with van der Waals surface area (Å²) in [5, 5.41) is 7.99. The number of nitrogens with zero attached hydrogens (tertiary/aromatic N) is 2. The predicted octanol–water partition coefficient (Wildman–Crippen LogP) is 4.29. The third-order valence-electron chi connectivity index (χ3n) is 5.17. The average Bonchev–Trinajstić information content (AvgIpc) is 3.08. The number of hydrogen-bond acceptors (Lipinski definition) is 3. The second kappa shape index (κ2) is 10.4. The molecule has 1 aliphatic carbocycles. The molecule has 1 aliphatic rings. The van der Waals surface area contributed by atoms with Crippen molar-refractivity contribution in [2.45, 2.75) is 44.4 Å². The molecule has 0 spiro atoms. The number of nitrogens with one attached hydrogen (secondary N) is 2. The van der Waals surface area contributed by atoms with Crippen LogP contribution in [0.5, 0.6) is 0 Å². The molecule has 1 aromatic heterocycles. The SMILES string of the molecule is CCc1cnc(CCNC(=NC)NCC2(c3ccc(F)cc3)CCC2)s1.I. The van der Waals surface area contributed by atoms with E-state index < -0.39 is 0 Å². The van der Waals surface area contributed by atoms with E-state index in [4.69, 9.17) is 0 Å². The van der Waals surface area contributed by atoms with Gasteiger partial charge in [-0.25, -0.2) is 9.37 Å². The molecule has 0 saturated heterocycles. The number of rotatable bonds is 7. The fourth-order valence-electron chi connectivity index (χ4n) is 3.36. The summed E-state index contributed by atoms with van der Waals surface area (Å²) in [6.07, 6.45) is 7.38. The minimum atomic E-state index is -0.179. The first-order valence-corrected chi connectivity index (χ1v) is 10.1. The Morgan fingerprint density at radius 1 is 1.26 bits per heavy atom. The summed E-state index contributed by atoms with van der Waals surface area (Å²) in [7, 11) is 1.79. The second-order valence-electron chi connectivity index (χ2n) is 6.82. The topological polar surface area (TPSA) is 49.3 Å². The summed E-state index contributed by atoms with van der Waals surface area (Å²) in [6, 6.07) is 6.95. The van der Waals surface area contributed by atoms with Crippen LogP contribution in [0.25, 0.3) is 0 Å². The molecule has 0 aliphatic heterocycles. The minimum absolute atomic E-state index is 0. The highest BCUT2D eigenvalue weighted by Gasteiger charge is 2.38. The first kappa shape index (κ1) is 22.1. The van der Waals surface area contributed by atoms with Gasteiger partial charge in [0.2, 0.25) is 0 Å². The third-order valence-corrected chi connectivity index (χ3v) is 6.37. The second-order valence-corrected chi connectivity index (χ2v) is 8.02. The molecule has 0 radical (unpaired) electrons. The molecule has 27 heavy (non-hydrogen) atoms. The Kier molecular flexibility index (Phi) is 8.47. The number of aliphatic imine (C=N–C) groups is 1.